The molecular formula is C22H28N2O5. The zero-order valence-corrected chi connectivity index (χ0v) is 17.1. The molecule has 0 aliphatic rings. The number of hydrogen-bond donors (Lipinski definition) is 1. The molecule has 0 saturated heterocycles. The van der Waals surface area contributed by atoms with E-state index in [1.807, 2.05) is 0 Å². The van der Waals surface area contributed by atoms with Gasteiger partial charge in [-0.3, -0.25) is 14.6 Å². The average molecular weight is 400 g/mol. The lowest BCUT2D eigenvalue weighted by molar-refractivity contribution is -0.146. The fraction of sp³-hybridized carbons (Fsp3) is 0.409. The summed E-state index contributed by atoms with van der Waals surface area (Å²) in [5.74, 6) is 0.350. The minimum Gasteiger partial charge on any atom is -0.493 e. The van der Waals surface area contributed by atoms with E-state index in [4.69, 9.17) is 14.2 Å². The lowest BCUT2D eigenvalue weighted by atomic mass is 10.1. The van der Waals surface area contributed by atoms with Gasteiger partial charge in [0.1, 0.15) is 0 Å². The van der Waals surface area contributed by atoms with Crippen molar-refractivity contribution in [2.75, 3.05) is 20.3 Å². The Morgan fingerprint density at radius 2 is 1.97 bits per heavy atom. The zero-order chi connectivity index (χ0) is 21.1. The van der Waals surface area contributed by atoms with Gasteiger partial charge in [-0.1, -0.05) is 25.8 Å². The van der Waals surface area contributed by atoms with Crippen LogP contribution in [0.15, 0.2) is 42.6 Å². The van der Waals surface area contributed by atoms with Crippen LogP contribution < -0.4 is 14.8 Å². The number of hydrogen-bond acceptors (Lipinski definition) is 6. The number of unbranched alkanes of at least 4 members (excludes halogenated alkanes) is 2. The number of amides is 1. The highest BCUT2D eigenvalue weighted by molar-refractivity contribution is 5.94. The number of benzene rings is 1. The molecule has 0 aliphatic heterocycles. The number of nitrogens with zero attached hydrogens (tertiary/aromatic N) is 1. The molecule has 1 aromatic carbocycles. The Kier molecular flexibility index (Phi) is 8.95. The number of methoxy groups -OCH3 is 1. The van der Waals surface area contributed by atoms with Crippen molar-refractivity contribution >= 4 is 11.9 Å². The number of carbonyl (C=O) groups excluding carboxylic acids is 2. The van der Waals surface area contributed by atoms with Gasteiger partial charge in [0.2, 0.25) is 0 Å². The summed E-state index contributed by atoms with van der Waals surface area (Å²) >= 11 is 0. The number of pyridine rings is 1. The third kappa shape index (κ3) is 7.10. The van der Waals surface area contributed by atoms with Gasteiger partial charge in [-0.25, -0.2) is 0 Å². The van der Waals surface area contributed by atoms with E-state index in [0.717, 1.165) is 19.3 Å². The molecule has 2 rings (SSSR count). The van der Waals surface area contributed by atoms with Crippen LogP contribution in [0.3, 0.4) is 0 Å². The maximum atomic E-state index is 12.6. The predicted molar refractivity (Wildman–Crippen MR) is 109 cm³/mol. The second-order valence-electron chi connectivity index (χ2n) is 6.48. The number of aromatic nitrogens is 1. The van der Waals surface area contributed by atoms with Crippen molar-refractivity contribution in [2.45, 2.75) is 39.2 Å². The summed E-state index contributed by atoms with van der Waals surface area (Å²) in [6, 6.07) is 10.3. The van der Waals surface area contributed by atoms with Crippen LogP contribution in [0.1, 0.15) is 55.3 Å². The second-order valence-corrected chi connectivity index (χ2v) is 6.48. The van der Waals surface area contributed by atoms with Crippen molar-refractivity contribution < 1.29 is 23.8 Å². The van der Waals surface area contributed by atoms with Crippen LogP contribution in [-0.2, 0) is 9.53 Å². The van der Waals surface area contributed by atoms with Crippen molar-refractivity contribution in [2.24, 2.45) is 0 Å². The lowest BCUT2D eigenvalue weighted by Gasteiger charge is -2.17. The van der Waals surface area contributed by atoms with Crippen LogP contribution in [-0.4, -0.2) is 37.1 Å². The summed E-state index contributed by atoms with van der Waals surface area (Å²) in [5.41, 5.74) is 0.997. The highest BCUT2D eigenvalue weighted by atomic mass is 16.5. The molecular weight excluding hydrogens is 372 g/mol. The summed E-state index contributed by atoms with van der Waals surface area (Å²) < 4.78 is 16.4. The average Bonchev–Trinajstić information content (AvgIpc) is 2.74. The fourth-order valence-electron chi connectivity index (χ4n) is 2.73. The highest BCUT2D eigenvalue weighted by Gasteiger charge is 2.18. The zero-order valence-electron chi connectivity index (χ0n) is 17.1. The van der Waals surface area contributed by atoms with E-state index < -0.39 is 12.1 Å². The van der Waals surface area contributed by atoms with Crippen LogP contribution in [0.5, 0.6) is 11.5 Å². The lowest BCUT2D eigenvalue weighted by Crippen LogP contribution is -2.30. The van der Waals surface area contributed by atoms with Crippen molar-refractivity contribution in [3.63, 3.8) is 0 Å². The minimum atomic E-state index is -0.666. The van der Waals surface area contributed by atoms with Crippen LogP contribution in [0.2, 0.25) is 0 Å². The molecule has 1 amide bonds. The van der Waals surface area contributed by atoms with Crippen molar-refractivity contribution in [1.29, 1.82) is 0 Å². The van der Waals surface area contributed by atoms with Crippen molar-refractivity contribution in [1.82, 2.24) is 10.3 Å². The van der Waals surface area contributed by atoms with E-state index >= 15 is 0 Å². The Hall–Kier alpha value is -3.09. The number of esters is 1. The number of nitrogens with one attached hydrogen (secondary N) is 1. The summed E-state index contributed by atoms with van der Waals surface area (Å²) in [4.78, 5) is 28.2. The van der Waals surface area contributed by atoms with Gasteiger partial charge in [0, 0.05) is 18.7 Å². The maximum Gasteiger partial charge on any atom is 0.303 e. The first-order chi connectivity index (χ1) is 14.0. The highest BCUT2D eigenvalue weighted by Crippen LogP contribution is 2.28. The molecule has 0 fully saturated rings. The number of carbonyl (C=O) groups is 2. The smallest absolute Gasteiger partial charge is 0.303 e. The largest absolute Gasteiger partial charge is 0.493 e. The van der Waals surface area contributed by atoms with E-state index in [0.29, 0.717) is 29.4 Å². The topological polar surface area (TPSA) is 86.8 Å². The predicted octanol–water partition coefficient (Wildman–Crippen LogP) is 3.69. The third-order valence-electron chi connectivity index (χ3n) is 4.21. The molecule has 0 radical (unpaired) electrons. The fourth-order valence-corrected chi connectivity index (χ4v) is 2.73. The van der Waals surface area contributed by atoms with E-state index in [1.165, 1.54) is 6.92 Å². The van der Waals surface area contributed by atoms with Crippen molar-refractivity contribution in [3.8, 4) is 11.5 Å². The van der Waals surface area contributed by atoms with Crippen LogP contribution in [0, 0.1) is 0 Å². The molecule has 1 heterocycles. The van der Waals surface area contributed by atoms with Gasteiger partial charge in [-0.05, 0) is 36.8 Å². The van der Waals surface area contributed by atoms with E-state index in [9.17, 15) is 9.59 Å². The monoisotopic (exact) mass is 400 g/mol. The normalized spacial score (nSPS) is 11.4. The van der Waals surface area contributed by atoms with E-state index in [1.54, 1.807) is 49.7 Å². The molecule has 29 heavy (non-hydrogen) atoms. The molecule has 1 unspecified atom stereocenters. The van der Waals surface area contributed by atoms with Gasteiger partial charge in [0.25, 0.3) is 5.91 Å². The number of ether oxygens (including phenoxy) is 3. The molecule has 1 N–H and O–H groups in total. The molecule has 0 bridgehead atoms. The number of rotatable bonds is 11. The molecule has 7 heteroatoms. The van der Waals surface area contributed by atoms with Crippen LogP contribution in [0.25, 0.3) is 0 Å². The van der Waals surface area contributed by atoms with Gasteiger partial charge >= 0.3 is 5.97 Å². The first-order valence-corrected chi connectivity index (χ1v) is 9.72. The molecule has 0 spiro atoms. The van der Waals surface area contributed by atoms with Gasteiger partial charge in [-0.2, -0.15) is 0 Å². The second kappa shape index (κ2) is 11.7. The molecule has 7 nitrogen and oxygen atoms in total. The molecule has 156 valence electrons. The quantitative estimate of drug-likeness (QED) is 0.457. The Morgan fingerprint density at radius 3 is 2.62 bits per heavy atom. The van der Waals surface area contributed by atoms with E-state index in [2.05, 4.69) is 17.2 Å². The molecule has 2 aromatic rings. The Labute approximate surface area is 171 Å². The van der Waals surface area contributed by atoms with Gasteiger partial charge in [-0.15, -0.1) is 0 Å². The molecule has 0 aliphatic carbocycles. The minimum absolute atomic E-state index is 0.105. The van der Waals surface area contributed by atoms with E-state index in [-0.39, 0.29) is 12.5 Å². The van der Waals surface area contributed by atoms with Gasteiger partial charge < -0.3 is 19.5 Å². The molecule has 1 atom stereocenters. The summed E-state index contributed by atoms with van der Waals surface area (Å²) in [6.45, 7) is 4.11. The Bertz CT molecular complexity index is 795. The maximum absolute atomic E-state index is 12.6. The summed E-state index contributed by atoms with van der Waals surface area (Å²) in [7, 11) is 1.56. The Balaban J connectivity index is 2.05. The molecule has 1 aromatic heterocycles. The summed E-state index contributed by atoms with van der Waals surface area (Å²) in [5, 5.41) is 2.79. The molecule has 0 saturated carbocycles. The van der Waals surface area contributed by atoms with Crippen molar-refractivity contribution in [3.05, 3.63) is 53.9 Å². The third-order valence-corrected chi connectivity index (χ3v) is 4.21. The SMILES string of the molecule is CCCCCOc1cc(C(=O)NCC(OC(C)=O)c2ccccn2)ccc1OC. The van der Waals surface area contributed by atoms with Crippen LogP contribution >= 0.6 is 0 Å². The summed E-state index contributed by atoms with van der Waals surface area (Å²) in [6.07, 6.45) is 4.06. The van der Waals surface area contributed by atoms with Gasteiger partial charge in [0.05, 0.1) is 26.0 Å². The first kappa shape index (κ1) is 22.2. The first-order valence-electron chi connectivity index (χ1n) is 9.72. The Morgan fingerprint density at radius 1 is 1.14 bits per heavy atom. The van der Waals surface area contributed by atoms with Gasteiger partial charge in [0.15, 0.2) is 17.6 Å². The van der Waals surface area contributed by atoms with Crippen LogP contribution in [0.4, 0.5) is 0 Å². The standard InChI is InChI=1S/C22H28N2O5/c1-4-5-8-13-28-20-14-17(10-11-19(20)27-3)22(26)24-15-21(29-16(2)25)18-9-6-7-12-23-18/h6-7,9-12,14,21H,4-5,8,13,15H2,1-3H3,(H,24,26).